The third-order valence-corrected chi connectivity index (χ3v) is 5.14. The topological polar surface area (TPSA) is 66.2 Å². The average molecular weight is 371 g/mol. The van der Waals surface area contributed by atoms with Crippen molar-refractivity contribution < 1.29 is 14.3 Å². The van der Waals surface area contributed by atoms with Crippen molar-refractivity contribution >= 4 is 5.91 Å². The number of aromatic nitrogens is 3. The molecule has 1 aliphatic rings. The molecule has 1 saturated carbocycles. The highest BCUT2D eigenvalue weighted by atomic mass is 16.5. The Labute approximate surface area is 160 Å². The Balaban J connectivity index is 1.78. The lowest BCUT2D eigenvalue weighted by atomic mass is 10.0. The number of carbonyl (C=O) groups excluding carboxylic acids is 1. The second-order valence-electron chi connectivity index (χ2n) is 7.14. The fourth-order valence-corrected chi connectivity index (χ4v) is 3.50. The maximum atomic E-state index is 12.8. The van der Waals surface area contributed by atoms with E-state index in [4.69, 9.17) is 9.47 Å². The van der Waals surface area contributed by atoms with E-state index in [1.165, 1.54) is 30.4 Å². The monoisotopic (exact) mass is 371 g/mol. The highest BCUT2D eigenvalue weighted by Gasteiger charge is 2.21. The molecule has 0 N–H and O–H groups in total. The van der Waals surface area contributed by atoms with E-state index in [9.17, 15) is 4.79 Å². The van der Waals surface area contributed by atoms with Crippen molar-refractivity contribution in [3.05, 3.63) is 24.3 Å². The van der Waals surface area contributed by atoms with Crippen LogP contribution in [-0.4, -0.2) is 34.4 Å². The van der Waals surface area contributed by atoms with E-state index in [-0.39, 0.29) is 11.9 Å². The normalized spacial score (nSPS) is 14.4. The van der Waals surface area contributed by atoms with Crippen LogP contribution in [0.4, 0.5) is 0 Å². The van der Waals surface area contributed by atoms with E-state index in [0.717, 1.165) is 30.6 Å². The van der Waals surface area contributed by atoms with Gasteiger partial charge in [-0.25, -0.2) is 0 Å². The first-order valence-electron chi connectivity index (χ1n) is 9.98. The minimum absolute atomic E-state index is 0.0226. The molecular weight excluding hydrogens is 342 g/mol. The predicted molar refractivity (Wildman–Crippen MR) is 104 cm³/mol. The van der Waals surface area contributed by atoms with Crippen molar-refractivity contribution in [2.24, 2.45) is 5.92 Å². The van der Waals surface area contributed by atoms with Crippen molar-refractivity contribution in [2.75, 3.05) is 13.7 Å². The SMILES string of the molecule is CCCCOc1nc(-c2ccc(OC)cc2)n(C(=O)CCC2CCCC2)n1. The Kier molecular flexibility index (Phi) is 6.85. The molecule has 0 saturated heterocycles. The summed E-state index contributed by atoms with van der Waals surface area (Å²) >= 11 is 0. The van der Waals surface area contributed by atoms with Crippen molar-refractivity contribution in [3.8, 4) is 23.1 Å². The van der Waals surface area contributed by atoms with Gasteiger partial charge in [0.05, 0.1) is 13.7 Å². The first-order valence-corrected chi connectivity index (χ1v) is 9.98. The molecule has 0 spiro atoms. The summed E-state index contributed by atoms with van der Waals surface area (Å²) in [7, 11) is 1.63. The summed E-state index contributed by atoms with van der Waals surface area (Å²) in [6, 6.07) is 7.76. The summed E-state index contributed by atoms with van der Waals surface area (Å²) < 4.78 is 12.3. The Hall–Kier alpha value is -2.37. The Morgan fingerprint density at radius 1 is 1.22 bits per heavy atom. The number of methoxy groups -OCH3 is 1. The maximum absolute atomic E-state index is 12.8. The summed E-state index contributed by atoms with van der Waals surface area (Å²) in [6.07, 6.45) is 8.43. The lowest BCUT2D eigenvalue weighted by Crippen LogP contribution is -2.15. The zero-order valence-corrected chi connectivity index (χ0v) is 16.3. The second kappa shape index (κ2) is 9.53. The van der Waals surface area contributed by atoms with Crippen LogP contribution < -0.4 is 9.47 Å². The molecule has 3 rings (SSSR count). The molecule has 0 atom stereocenters. The van der Waals surface area contributed by atoms with Crippen molar-refractivity contribution in [1.82, 2.24) is 14.8 Å². The number of unbranched alkanes of at least 4 members (excludes halogenated alkanes) is 1. The molecule has 27 heavy (non-hydrogen) atoms. The lowest BCUT2D eigenvalue weighted by molar-refractivity contribution is 0.0877. The summed E-state index contributed by atoms with van der Waals surface area (Å²) in [4.78, 5) is 17.3. The molecule has 1 aromatic heterocycles. The second-order valence-corrected chi connectivity index (χ2v) is 7.14. The summed E-state index contributed by atoms with van der Waals surface area (Å²) in [5, 5.41) is 4.35. The molecule has 1 heterocycles. The zero-order chi connectivity index (χ0) is 19.1. The molecule has 0 unspecified atom stereocenters. The highest BCUT2D eigenvalue weighted by molar-refractivity contribution is 5.82. The van der Waals surface area contributed by atoms with Crippen LogP contribution in [0.3, 0.4) is 0 Å². The number of hydrogen-bond acceptors (Lipinski definition) is 5. The molecular formula is C21H29N3O3. The smallest absolute Gasteiger partial charge is 0.336 e. The van der Waals surface area contributed by atoms with Gasteiger partial charge in [0, 0.05) is 12.0 Å². The Bertz CT molecular complexity index is 734. The summed E-state index contributed by atoms with van der Waals surface area (Å²) in [5.41, 5.74) is 0.822. The van der Waals surface area contributed by atoms with Gasteiger partial charge >= 0.3 is 6.01 Å². The van der Waals surface area contributed by atoms with Crippen LogP contribution in [0.5, 0.6) is 11.8 Å². The van der Waals surface area contributed by atoms with Gasteiger partial charge in [-0.3, -0.25) is 4.79 Å². The van der Waals surface area contributed by atoms with E-state index in [1.54, 1.807) is 7.11 Å². The number of carbonyl (C=O) groups is 1. The third-order valence-electron chi connectivity index (χ3n) is 5.14. The number of benzene rings is 1. The molecule has 6 nitrogen and oxygen atoms in total. The van der Waals surface area contributed by atoms with Crippen LogP contribution in [0, 0.1) is 5.92 Å². The van der Waals surface area contributed by atoms with E-state index in [0.29, 0.717) is 24.8 Å². The largest absolute Gasteiger partial charge is 0.497 e. The van der Waals surface area contributed by atoms with Crippen molar-refractivity contribution in [2.45, 2.75) is 58.3 Å². The maximum Gasteiger partial charge on any atom is 0.336 e. The molecule has 0 amide bonds. The van der Waals surface area contributed by atoms with Crippen LogP contribution in [0.2, 0.25) is 0 Å². The molecule has 1 aromatic carbocycles. The summed E-state index contributed by atoms with van der Waals surface area (Å²) in [6.45, 7) is 2.66. The molecule has 0 bridgehead atoms. The molecule has 2 aromatic rings. The molecule has 1 fully saturated rings. The van der Waals surface area contributed by atoms with Crippen LogP contribution in [0.1, 0.15) is 63.1 Å². The van der Waals surface area contributed by atoms with Gasteiger partial charge in [0.1, 0.15) is 5.75 Å². The van der Waals surface area contributed by atoms with Crippen LogP contribution >= 0.6 is 0 Å². The number of nitrogens with zero attached hydrogens (tertiary/aromatic N) is 3. The third kappa shape index (κ3) is 5.08. The standard InChI is InChI=1S/C21H29N3O3/c1-3-4-15-27-21-22-20(17-10-12-18(26-2)13-11-17)24(23-21)19(25)14-9-16-7-5-6-8-16/h10-13,16H,3-9,14-15H2,1-2H3. The van der Waals surface area contributed by atoms with Gasteiger partial charge < -0.3 is 9.47 Å². The van der Waals surface area contributed by atoms with E-state index in [1.807, 2.05) is 24.3 Å². The van der Waals surface area contributed by atoms with E-state index >= 15 is 0 Å². The number of ether oxygens (including phenoxy) is 2. The van der Waals surface area contributed by atoms with Crippen molar-refractivity contribution in [3.63, 3.8) is 0 Å². The minimum atomic E-state index is -0.0226. The Morgan fingerprint density at radius 3 is 2.63 bits per heavy atom. The minimum Gasteiger partial charge on any atom is -0.497 e. The Morgan fingerprint density at radius 2 is 1.96 bits per heavy atom. The van der Waals surface area contributed by atoms with Gasteiger partial charge in [0.25, 0.3) is 0 Å². The molecule has 6 heteroatoms. The summed E-state index contributed by atoms with van der Waals surface area (Å²) in [5.74, 6) is 1.94. The first-order chi connectivity index (χ1) is 13.2. The molecule has 1 aliphatic carbocycles. The average Bonchev–Trinajstić information content (AvgIpc) is 3.36. The van der Waals surface area contributed by atoms with Gasteiger partial charge in [-0.2, -0.15) is 9.67 Å². The van der Waals surface area contributed by atoms with E-state index < -0.39 is 0 Å². The predicted octanol–water partition coefficient (Wildman–Crippen LogP) is 4.74. The zero-order valence-electron chi connectivity index (χ0n) is 16.3. The molecule has 0 aliphatic heterocycles. The first kappa shape index (κ1) is 19.4. The van der Waals surface area contributed by atoms with Gasteiger partial charge in [-0.15, -0.1) is 5.10 Å². The lowest BCUT2D eigenvalue weighted by Gasteiger charge is -2.09. The van der Waals surface area contributed by atoms with Gasteiger partial charge in [-0.05, 0) is 43.0 Å². The fraction of sp³-hybridized carbons (Fsp3) is 0.571. The van der Waals surface area contributed by atoms with Crippen LogP contribution in [-0.2, 0) is 0 Å². The van der Waals surface area contributed by atoms with Crippen LogP contribution in [0.15, 0.2) is 24.3 Å². The van der Waals surface area contributed by atoms with Crippen LogP contribution in [0.25, 0.3) is 11.4 Å². The van der Waals surface area contributed by atoms with Gasteiger partial charge in [0.15, 0.2) is 5.82 Å². The van der Waals surface area contributed by atoms with Gasteiger partial charge in [0.2, 0.25) is 5.91 Å². The van der Waals surface area contributed by atoms with E-state index in [2.05, 4.69) is 17.0 Å². The van der Waals surface area contributed by atoms with Gasteiger partial charge in [-0.1, -0.05) is 39.0 Å². The number of hydrogen-bond donors (Lipinski definition) is 0. The molecule has 146 valence electrons. The number of rotatable bonds is 9. The fourth-order valence-electron chi connectivity index (χ4n) is 3.50. The molecule has 0 radical (unpaired) electrons. The quantitative estimate of drug-likeness (QED) is 0.596. The van der Waals surface area contributed by atoms with Crippen molar-refractivity contribution in [1.29, 1.82) is 0 Å². The highest BCUT2D eigenvalue weighted by Crippen LogP contribution is 2.29.